The minimum Gasteiger partial charge on any atom is -0.496 e. The number of rotatable bonds is 6. The number of aromatic amines is 1. The van der Waals surface area contributed by atoms with E-state index >= 15 is 0 Å². The first-order valence-corrected chi connectivity index (χ1v) is 9.01. The second kappa shape index (κ2) is 8.19. The molecule has 2 aromatic heterocycles. The number of carbonyl (C=O) groups is 1. The molecule has 156 valence electrons. The van der Waals surface area contributed by atoms with Crippen LogP contribution in [0.4, 0.5) is 5.69 Å². The second-order valence-corrected chi connectivity index (χ2v) is 7.46. The predicted octanol–water partition coefficient (Wildman–Crippen LogP) is 3.65. The predicted molar refractivity (Wildman–Crippen MR) is 110 cm³/mol. The molecule has 3 aromatic rings. The Labute approximate surface area is 172 Å². The smallest absolute Gasteiger partial charge is 0.291 e. The third-order valence-electron chi connectivity index (χ3n) is 4.26. The van der Waals surface area contributed by atoms with Crippen LogP contribution in [0.3, 0.4) is 0 Å². The molecule has 0 saturated carbocycles. The maximum Gasteiger partial charge on any atom is 0.291 e. The zero-order chi connectivity index (χ0) is 21.9. The summed E-state index contributed by atoms with van der Waals surface area (Å²) in [5.41, 5.74) is 3.77. The van der Waals surface area contributed by atoms with Crippen molar-refractivity contribution < 1.29 is 18.9 Å². The normalized spacial score (nSPS) is 11.6. The molecule has 2 heterocycles. The van der Waals surface area contributed by atoms with E-state index in [1.807, 2.05) is 20.8 Å². The van der Waals surface area contributed by atoms with Crippen molar-refractivity contribution in [1.82, 2.24) is 15.6 Å². The number of non-ortho nitro benzene ring substituents is 1. The second-order valence-electron chi connectivity index (χ2n) is 7.46. The van der Waals surface area contributed by atoms with E-state index < -0.39 is 10.8 Å². The van der Waals surface area contributed by atoms with Gasteiger partial charge in [-0.1, -0.05) is 20.8 Å². The molecule has 0 aliphatic heterocycles. The first-order chi connectivity index (χ1) is 14.2. The number of nitrogens with one attached hydrogen (secondary N) is 2. The average molecular weight is 411 g/mol. The summed E-state index contributed by atoms with van der Waals surface area (Å²) in [7, 11) is 1.42. The fourth-order valence-electron chi connectivity index (χ4n) is 2.60. The number of furan rings is 1. The van der Waals surface area contributed by atoms with Crippen molar-refractivity contribution in [3.63, 3.8) is 0 Å². The first-order valence-electron chi connectivity index (χ1n) is 9.01. The molecule has 0 radical (unpaired) electrons. The highest BCUT2D eigenvalue weighted by Gasteiger charge is 2.19. The van der Waals surface area contributed by atoms with Crippen LogP contribution in [0.1, 0.15) is 42.7 Å². The topological polar surface area (TPSA) is 136 Å². The highest BCUT2D eigenvalue weighted by atomic mass is 16.6. The minimum atomic E-state index is -0.501. The number of benzene rings is 1. The molecule has 1 amide bonds. The fourth-order valence-corrected chi connectivity index (χ4v) is 2.60. The summed E-state index contributed by atoms with van der Waals surface area (Å²) in [6, 6.07) is 9.24. The molecule has 0 atom stereocenters. The Morgan fingerprint density at radius 1 is 1.30 bits per heavy atom. The van der Waals surface area contributed by atoms with Gasteiger partial charge in [0, 0.05) is 17.2 Å². The molecule has 0 aliphatic rings. The van der Waals surface area contributed by atoms with Crippen molar-refractivity contribution in [3.05, 3.63) is 63.7 Å². The molecule has 0 unspecified atom stereocenters. The van der Waals surface area contributed by atoms with Crippen molar-refractivity contribution in [2.45, 2.75) is 26.2 Å². The fraction of sp³-hybridized carbons (Fsp3) is 0.250. The standard InChI is InChI=1S/C20H21N5O5/c1-20(2,3)18-10-15(22-23-18)19(26)24-21-11-13-6-8-16(30-13)14-7-5-12(25(27)28)9-17(14)29-4/h5-11H,1-4H3,(H,22,23)(H,24,26). The van der Waals surface area contributed by atoms with Gasteiger partial charge in [0.15, 0.2) is 5.69 Å². The van der Waals surface area contributed by atoms with E-state index in [0.717, 1.165) is 5.69 Å². The number of nitro groups is 1. The van der Waals surface area contributed by atoms with Crippen LogP contribution in [0, 0.1) is 10.1 Å². The molecule has 10 nitrogen and oxygen atoms in total. The zero-order valence-electron chi connectivity index (χ0n) is 16.9. The SMILES string of the molecule is COc1cc([N+](=O)[O-])ccc1-c1ccc(C=NNC(=O)c2cc(C(C)(C)C)[nH]n2)o1. The van der Waals surface area contributed by atoms with Gasteiger partial charge >= 0.3 is 0 Å². The van der Waals surface area contributed by atoms with E-state index in [2.05, 4.69) is 20.7 Å². The summed E-state index contributed by atoms with van der Waals surface area (Å²) in [6.07, 6.45) is 1.34. The molecule has 0 saturated heterocycles. The third kappa shape index (κ3) is 4.54. The Morgan fingerprint density at radius 2 is 2.07 bits per heavy atom. The summed E-state index contributed by atoms with van der Waals surface area (Å²) >= 11 is 0. The number of amides is 1. The van der Waals surface area contributed by atoms with Crippen molar-refractivity contribution in [1.29, 1.82) is 0 Å². The van der Waals surface area contributed by atoms with Crippen LogP contribution in [-0.4, -0.2) is 34.4 Å². The van der Waals surface area contributed by atoms with E-state index in [0.29, 0.717) is 22.8 Å². The van der Waals surface area contributed by atoms with E-state index in [-0.39, 0.29) is 16.8 Å². The lowest BCUT2D eigenvalue weighted by Crippen LogP contribution is -2.18. The summed E-state index contributed by atoms with van der Waals surface area (Å²) in [5.74, 6) is 0.671. The van der Waals surface area contributed by atoms with E-state index in [1.165, 1.54) is 25.5 Å². The monoisotopic (exact) mass is 411 g/mol. The molecule has 0 bridgehead atoms. The molecule has 30 heavy (non-hydrogen) atoms. The Kier molecular flexibility index (Phi) is 5.67. The van der Waals surface area contributed by atoms with E-state index in [1.54, 1.807) is 24.3 Å². The summed E-state index contributed by atoms with van der Waals surface area (Å²) in [6.45, 7) is 6.03. The van der Waals surface area contributed by atoms with Gasteiger partial charge in [0.1, 0.15) is 17.3 Å². The number of nitro benzene ring substituents is 1. The Bertz CT molecular complexity index is 1110. The van der Waals surface area contributed by atoms with Gasteiger partial charge in [-0.15, -0.1) is 0 Å². The number of carbonyl (C=O) groups excluding carboxylic acids is 1. The van der Waals surface area contributed by atoms with Gasteiger partial charge in [-0.25, -0.2) is 5.43 Å². The maximum absolute atomic E-state index is 12.2. The lowest BCUT2D eigenvalue weighted by Gasteiger charge is -2.14. The van der Waals surface area contributed by atoms with Crippen LogP contribution in [-0.2, 0) is 5.41 Å². The van der Waals surface area contributed by atoms with Crippen LogP contribution in [0.5, 0.6) is 5.75 Å². The number of H-pyrrole nitrogens is 1. The van der Waals surface area contributed by atoms with Crippen LogP contribution < -0.4 is 10.2 Å². The number of methoxy groups -OCH3 is 1. The quantitative estimate of drug-likeness (QED) is 0.361. The van der Waals surface area contributed by atoms with Crippen molar-refractivity contribution in [2.24, 2.45) is 5.10 Å². The van der Waals surface area contributed by atoms with Gasteiger partial charge in [0.05, 0.1) is 29.9 Å². The number of hydrazone groups is 1. The number of hydrogen-bond donors (Lipinski definition) is 2. The van der Waals surface area contributed by atoms with Crippen molar-refractivity contribution >= 4 is 17.8 Å². The molecular weight excluding hydrogens is 390 g/mol. The molecule has 2 N–H and O–H groups in total. The molecule has 0 spiro atoms. The highest BCUT2D eigenvalue weighted by Crippen LogP contribution is 2.34. The van der Waals surface area contributed by atoms with Crippen molar-refractivity contribution in [2.75, 3.05) is 7.11 Å². The highest BCUT2D eigenvalue weighted by molar-refractivity contribution is 5.93. The summed E-state index contributed by atoms with van der Waals surface area (Å²) < 4.78 is 10.9. The molecule has 1 aromatic carbocycles. The number of nitrogens with zero attached hydrogens (tertiary/aromatic N) is 3. The molecule has 0 fully saturated rings. The molecule has 3 rings (SSSR count). The number of hydrogen-bond acceptors (Lipinski definition) is 7. The first kappa shape index (κ1) is 20.8. The number of ether oxygens (including phenoxy) is 1. The van der Waals surface area contributed by atoms with Gasteiger partial charge in [0.2, 0.25) is 0 Å². The minimum absolute atomic E-state index is 0.0837. The lowest BCUT2D eigenvalue weighted by atomic mass is 9.92. The van der Waals surface area contributed by atoms with E-state index in [4.69, 9.17) is 9.15 Å². The maximum atomic E-state index is 12.2. The summed E-state index contributed by atoms with van der Waals surface area (Å²) in [5, 5.41) is 21.6. The Hall–Kier alpha value is -3.95. The summed E-state index contributed by atoms with van der Waals surface area (Å²) in [4.78, 5) is 22.6. The van der Waals surface area contributed by atoms with Gasteiger partial charge in [-0.05, 0) is 24.3 Å². The Morgan fingerprint density at radius 3 is 2.70 bits per heavy atom. The third-order valence-corrected chi connectivity index (χ3v) is 4.26. The van der Waals surface area contributed by atoms with Crippen LogP contribution in [0.2, 0.25) is 0 Å². The molecular formula is C20H21N5O5. The van der Waals surface area contributed by atoms with E-state index in [9.17, 15) is 14.9 Å². The lowest BCUT2D eigenvalue weighted by molar-refractivity contribution is -0.384. The Balaban J connectivity index is 1.70. The zero-order valence-corrected chi connectivity index (χ0v) is 16.9. The average Bonchev–Trinajstić information content (AvgIpc) is 3.37. The van der Waals surface area contributed by atoms with Crippen molar-refractivity contribution in [3.8, 4) is 17.1 Å². The van der Waals surface area contributed by atoms with Gasteiger partial charge in [-0.2, -0.15) is 10.2 Å². The van der Waals surface area contributed by atoms with Gasteiger partial charge in [-0.3, -0.25) is 20.0 Å². The molecule has 0 aliphatic carbocycles. The van der Waals surface area contributed by atoms with Crippen LogP contribution in [0.25, 0.3) is 11.3 Å². The molecule has 10 heteroatoms. The number of aromatic nitrogens is 2. The van der Waals surface area contributed by atoms with Crippen LogP contribution >= 0.6 is 0 Å². The van der Waals surface area contributed by atoms with Crippen LogP contribution in [0.15, 0.2) is 45.9 Å². The van der Waals surface area contributed by atoms with Gasteiger partial charge < -0.3 is 9.15 Å². The largest absolute Gasteiger partial charge is 0.496 e. The van der Waals surface area contributed by atoms with Gasteiger partial charge in [0.25, 0.3) is 11.6 Å².